The Labute approximate surface area is 157 Å². The Morgan fingerprint density at radius 1 is 1.21 bits per heavy atom. The van der Waals surface area contributed by atoms with Crippen LogP contribution in [0.3, 0.4) is 0 Å². The van der Waals surface area contributed by atoms with Gasteiger partial charge in [0.05, 0.1) is 6.04 Å². The van der Waals surface area contributed by atoms with Gasteiger partial charge in [0.2, 0.25) is 5.91 Å². The first-order chi connectivity index (χ1) is 10.6. The number of anilines is 1. The molecule has 3 atom stereocenters. The molecule has 1 amide bonds. The molecule has 1 aliphatic heterocycles. The number of nitrogens with two attached hydrogens (primary N) is 1. The number of amides is 1. The standard InChI is InChI=1S/C18H27N3O.2ClH/c1-20(2)16-6-3-5-13(12-16)17-7-4-10-21(17)18(22)14-8-9-15(19)11-14;;/h3,5-6,12,14-15,17H,4,7-11,19H2,1-2H3;2*1H. The highest BCUT2D eigenvalue weighted by atomic mass is 35.5. The molecule has 0 aromatic heterocycles. The van der Waals surface area contributed by atoms with Gasteiger partial charge in [-0.3, -0.25) is 4.79 Å². The predicted molar refractivity (Wildman–Crippen MR) is 104 cm³/mol. The van der Waals surface area contributed by atoms with Gasteiger partial charge in [0, 0.05) is 38.3 Å². The van der Waals surface area contributed by atoms with Crippen molar-refractivity contribution in [1.29, 1.82) is 0 Å². The molecule has 0 bridgehead atoms. The van der Waals surface area contributed by atoms with Crippen molar-refractivity contribution in [3.63, 3.8) is 0 Å². The van der Waals surface area contributed by atoms with Gasteiger partial charge in [-0.2, -0.15) is 0 Å². The Balaban J connectivity index is 0.00000144. The van der Waals surface area contributed by atoms with E-state index in [1.807, 2.05) is 0 Å². The molecule has 4 nitrogen and oxygen atoms in total. The minimum atomic E-state index is 0. The summed E-state index contributed by atoms with van der Waals surface area (Å²) in [5.74, 6) is 0.471. The van der Waals surface area contributed by atoms with Crippen LogP contribution < -0.4 is 10.6 Å². The molecule has 1 heterocycles. The van der Waals surface area contributed by atoms with Crippen molar-refractivity contribution >= 4 is 36.4 Å². The first-order valence-electron chi connectivity index (χ1n) is 8.39. The molecule has 3 rings (SSSR count). The normalized spacial score (nSPS) is 25.8. The van der Waals surface area contributed by atoms with Gasteiger partial charge in [-0.15, -0.1) is 24.8 Å². The van der Waals surface area contributed by atoms with Gasteiger partial charge in [-0.25, -0.2) is 0 Å². The molecule has 2 aliphatic rings. The first-order valence-corrected chi connectivity index (χ1v) is 8.39. The van der Waals surface area contributed by atoms with E-state index in [1.54, 1.807) is 0 Å². The number of nitrogens with zero attached hydrogens (tertiary/aromatic N) is 2. The zero-order chi connectivity index (χ0) is 15.7. The van der Waals surface area contributed by atoms with Crippen molar-refractivity contribution in [1.82, 2.24) is 4.90 Å². The van der Waals surface area contributed by atoms with E-state index in [9.17, 15) is 4.79 Å². The summed E-state index contributed by atoms with van der Waals surface area (Å²) in [5.41, 5.74) is 8.44. The number of benzene rings is 1. The smallest absolute Gasteiger partial charge is 0.226 e. The molecule has 1 saturated heterocycles. The number of likely N-dealkylation sites (tertiary alicyclic amines) is 1. The fraction of sp³-hybridized carbons (Fsp3) is 0.611. The number of carbonyl (C=O) groups excluding carboxylic acids is 1. The van der Waals surface area contributed by atoms with Crippen LogP contribution in [0.4, 0.5) is 5.69 Å². The van der Waals surface area contributed by atoms with E-state index in [4.69, 9.17) is 5.73 Å². The highest BCUT2D eigenvalue weighted by Gasteiger charge is 2.36. The van der Waals surface area contributed by atoms with Crippen molar-refractivity contribution in [2.75, 3.05) is 25.5 Å². The third-order valence-electron chi connectivity index (χ3n) is 5.13. The van der Waals surface area contributed by atoms with Gasteiger partial charge in [0.1, 0.15) is 0 Å². The molecule has 1 aliphatic carbocycles. The first kappa shape index (κ1) is 21.1. The lowest BCUT2D eigenvalue weighted by Gasteiger charge is -2.28. The molecule has 2 fully saturated rings. The largest absolute Gasteiger partial charge is 0.378 e. The monoisotopic (exact) mass is 373 g/mol. The summed E-state index contributed by atoms with van der Waals surface area (Å²) in [6.45, 7) is 0.890. The van der Waals surface area contributed by atoms with Gasteiger partial charge in [-0.1, -0.05) is 12.1 Å². The molecule has 0 spiro atoms. The number of rotatable bonds is 3. The van der Waals surface area contributed by atoms with Gasteiger partial charge < -0.3 is 15.5 Å². The zero-order valence-electron chi connectivity index (χ0n) is 14.5. The Kier molecular flexibility index (Phi) is 7.84. The third kappa shape index (κ3) is 4.35. The van der Waals surface area contributed by atoms with Crippen molar-refractivity contribution in [3.8, 4) is 0 Å². The van der Waals surface area contributed by atoms with Crippen molar-refractivity contribution < 1.29 is 4.79 Å². The zero-order valence-corrected chi connectivity index (χ0v) is 16.1. The van der Waals surface area contributed by atoms with Gasteiger partial charge in [0.15, 0.2) is 0 Å². The molecule has 6 heteroatoms. The lowest BCUT2D eigenvalue weighted by atomic mass is 10.0. The van der Waals surface area contributed by atoms with Crippen LogP contribution in [-0.4, -0.2) is 37.5 Å². The van der Waals surface area contributed by atoms with Gasteiger partial charge in [0.25, 0.3) is 0 Å². The summed E-state index contributed by atoms with van der Waals surface area (Å²) in [6, 6.07) is 9.04. The molecule has 24 heavy (non-hydrogen) atoms. The molecular weight excluding hydrogens is 345 g/mol. The van der Waals surface area contributed by atoms with Crippen LogP contribution in [0.15, 0.2) is 24.3 Å². The minimum absolute atomic E-state index is 0. The molecule has 1 aromatic rings. The van der Waals surface area contributed by atoms with Crippen LogP contribution in [-0.2, 0) is 4.79 Å². The van der Waals surface area contributed by atoms with Crippen LogP contribution in [0.2, 0.25) is 0 Å². The maximum Gasteiger partial charge on any atom is 0.226 e. The SMILES string of the molecule is CN(C)c1cccc(C2CCCN2C(=O)C2CCC(N)C2)c1.Cl.Cl. The number of hydrogen-bond acceptors (Lipinski definition) is 3. The van der Waals surface area contributed by atoms with Crippen molar-refractivity contribution in [2.24, 2.45) is 11.7 Å². The Morgan fingerprint density at radius 3 is 2.58 bits per heavy atom. The van der Waals surface area contributed by atoms with E-state index < -0.39 is 0 Å². The van der Waals surface area contributed by atoms with Crippen LogP contribution in [0.5, 0.6) is 0 Å². The average molecular weight is 374 g/mol. The Morgan fingerprint density at radius 2 is 1.96 bits per heavy atom. The predicted octanol–water partition coefficient (Wildman–Crippen LogP) is 3.39. The van der Waals surface area contributed by atoms with Crippen LogP contribution >= 0.6 is 24.8 Å². The summed E-state index contributed by atoms with van der Waals surface area (Å²) < 4.78 is 0. The van der Waals surface area contributed by atoms with E-state index in [-0.39, 0.29) is 42.8 Å². The molecule has 2 N–H and O–H groups in total. The van der Waals surface area contributed by atoms with Gasteiger partial charge >= 0.3 is 0 Å². The fourth-order valence-corrected chi connectivity index (χ4v) is 3.86. The summed E-state index contributed by atoms with van der Waals surface area (Å²) >= 11 is 0. The van der Waals surface area contributed by atoms with Crippen LogP contribution in [0.1, 0.15) is 43.7 Å². The highest BCUT2D eigenvalue weighted by Crippen LogP contribution is 2.36. The third-order valence-corrected chi connectivity index (χ3v) is 5.13. The second-order valence-corrected chi connectivity index (χ2v) is 6.95. The van der Waals surface area contributed by atoms with E-state index in [0.717, 1.165) is 38.6 Å². The summed E-state index contributed by atoms with van der Waals surface area (Å²) in [7, 11) is 4.10. The summed E-state index contributed by atoms with van der Waals surface area (Å²) in [5, 5.41) is 0. The molecular formula is C18H29Cl2N3O. The van der Waals surface area contributed by atoms with E-state index in [0.29, 0.717) is 5.91 Å². The maximum atomic E-state index is 12.9. The number of carbonyl (C=O) groups is 1. The van der Waals surface area contributed by atoms with Crippen LogP contribution in [0, 0.1) is 5.92 Å². The maximum absolute atomic E-state index is 12.9. The van der Waals surface area contributed by atoms with Gasteiger partial charge in [-0.05, 0) is 49.8 Å². The molecule has 136 valence electrons. The molecule has 1 aromatic carbocycles. The quantitative estimate of drug-likeness (QED) is 0.882. The molecule has 1 saturated carbocycles. The second kappa shape index (κ2) is 8.93. The summed E-state index contributed by atoms with van der Waals surface area (Å²) in [4.78, 5) is 17.1. The minimum Gasteiger partial charge on any atom is -0.378 e. The van der Waals surface area contributed by atoms with Crippen molar-refractivity contribution in [3.05, 3.63) is 29.8 Å². The molecule has 3 unspecified atom stereocenters. The Bertz CT molecular complexity index is 553. The Hall–Kier alpha value is -0.970. The van der Waals surface area contributed by atoms with Crippen LogP contribution in [0.25, 0.3) is 0 Å². The summed E-state index contributed by atoms with van der Waals surface area (Å²) in [6.07, 6.45) is 4.98. The second-order valence-electron chi connectivity index (χ2n) is 6.95. The lowest BCUT2D eigenvalue weighted by Crippen LogP contribution is -2.35. The number of hydrogen-bond donors (Lipinski definition) is 1. The van der Waals surface area contributed by atoms with E-state index >= 15 is 0 Å². The van der Waals surface area contributed by atoms with Crippen molar-refractivity contribution in [2.45, 2.75) is 44.2 Å². The highest BCUT2D eigenvalue weighted by molar-refractivity contribution is 5.85. The molecule has 0 radical (unpaired) electrons. The number of halogens is 2. The van der Waals surface area contributed by atoms with E-state index in [1.165, 1.54) is 11.3 Å². The average Bonchev–Trinajstić information content (AvgIpc) is 3.15. The van der Waals surface area contributed by atoms with E-state index in [2.05, 4.69) is 48.2 Å². The lowest BCUT2D eigenvalue weighted by molar-refractivity contribution is -0.136. The fourth-order valence-electron chi connectivity index (χ4n) is 3.86. The topological polar surface area (TPSA) is 49.6 Å².